The molecule has 12 heteroatoms. The van der Waals surface area contributed by atoms with E-state index in [0.717, 1.165) is 122 Å². The van der Waals surface area contributed by atoms with Crippen molar-refractivity contribution in [2.45, 2.75) is 264 Å². The number of phosphoric ester groups is 1. The molecule has 416 valence electrons. The Hall–Kier alpha value is -3.08. The molecular weight excluding hydrogens is 928 g/mol. The van der Waals surface area contributed by atoms with Crippen LogP contribution in [0.1, 0.15) is 252 Å². The van der Waals surface area contributed by atoms with Crippen LogP contribution in [-0.2, 0) is 42.2 Å². The molecule has 0 aromatic heterocycles. The number of aliphatic hydroxyl groups excluding tert-OH is 1. The molecule has 0 radical (unpaired) electrons. The molecule has 0 aromatic rings. The van der Waals surface area contributed by atoms with Crippen LogP contribution in [0.15, 0.2) is 72.9 Å². The van der Waals surface area contributed by atoms with Crippen LogP contribution in [0.3, 0.4) is 0 Å². The Morgan fingerprint density at radius 3 is 1.18 bits per heavy atom. The van der Waals surface area contributed by atoms with Gasteiger partial charge in [-0.15, -0.1) is 0 Å². The average molecular weight is 1030 g/mol. The van der Waals surface area contributed by atoms with E-state index in [2.05, 4.69) is 93.7 Å². The molecule has 11 nitrogen and oxygen atoms in total. The van der Waals surface area contributed by atoms with Gasteiger partial charge in [0.1, 0.15) is 12.7 Å². The first-order valence-electron chi connectivity index (χ1n) is 28.8. The monoisotopic (exact) mass is 1030 g/mol. The normalized spacial score (nSPS) is 13.9. The molecule has 3 unspecified atom stereocenters. The van der Waals surface area contributed by atoms with E-state index >= 15 is 0 Å². The summed E-state index contributed by atoms with van der Waals surface area (Å²) in [5.74, 6) is -1.50. The topological polar surface area (TPSA) is 155 Å². The minimum atomic E-state index is -4.76. The molecule has 0 aliphatic carbocycles. The van der Waals surface area contributed by atoms with Gasteiger partial charge >= 0.3 is 25.7 Å². The van der Waals surface area contributed by atoms with Crippen LogP contribution in [0.4, 0.5) is 0 Å². The first-order valence-corrected chi connectivity index (χ1v) is 30.3. The second-order valence-corrected chi connectivity index (χ2v) is 20.5. The lowest BCUT2D eigenvalue weighted by Gasteiger charge is -2.21. The van der Waals surface area contributed by atoms with Gasteiger partial charge in [0.25, 0.3) is 0 Å². The highest BCUT2D eigenvalue weighted by molar-refractivity contribution is 7.47. The Balaban J connectivity index is 4.76. The maximum atomic E-state index is 12.9. The van der Waals surface area contributed by atoms with Crippen LogP contribution < -0.4 is 0 Å². The van der Waals surface area contributed by atoms with E-state index < -0.39 is 57.8 Å². The fourth-order valence-electron chi connectivity index (χ4n) is 7.70. The fourth-order valence-corrected chi connectivity index (χ4v) is 8.48. The Labute approximate surface area is 439 Å². The van der Waals surface area contributed by atoms with Gasteiger partial charge in [-0.25, -0.2) is 4.57 Å². The van der Waals surface area contributed by atoms with Crippen LogP contribution in [0.2, 0.25) is 0 Å². The van der Waals surface area contributed by atoms with Crippen LogP contribution in [-0.4, -0.2) is 66.5 Å². The molecule has 0 fully saturated rings. The standard InChI is InChI=1S/C60H105O11P/c1-4-7-10-13-16-19-22-25-27-28-30-32-34-37-40-43-46-49-58(62)67-53-57(71-60(64)51-48-45-42-39-36-33-29-26-23-20-17-14-11-8-5-2)55-69-72(65,66)68-54-56(52-61)70-59(63)50-47-44-41-38-35-31-24-21-18-15-12-9-6-3/h8,11-12,15,17,20-21,24-27,29,56-57,61H,4-7,9-10,13-14,16,18-19,22-23,28,30-55H2,1-3H3,(H,65,66)/b11-8-,15-12-,20-17-,24-21-,27-25-,29-26-. The molecule has 0 aromatic carbocycles. The fraction of sp³-hybridized carbons (Fsp3) is 0.750. The predicted molar refractivity (Wildman–Crippen MR) is 298 cm³/mol. The van der Waals surface area contributed by atoms with Gasteiger partial charge in [-0.05, 0) is 103 Å². The second kappa shape index (κ2) is 54.2. The van der Waals surface area contributed by atoms with E-state index in [9.17, 15) is 28.9 Å². The number of hydrogen-bond donors (Lipinski definition) is 2. The molecule has 72 heavy (non-hydrogen) atoms. The van der Waals surface area contributed by atoms with Gasteiger partial charge in [-0.1, -0.05) is 203 Å². The number of ether oxygens (including phenoxy) is 3. The molecule has 0 amide bonds. The van der Waals surface area contributed by atoms with Crippen molar-refractivity contribution in [2.75, 3.05) is 26.4 Å². The van der Waals surface area contributed by atoms with Crippen LogP contribution in [0.5, 0.6) is 0 Å². The Morgan fingerprint density at radius 1 is 0.403 bits per heavy atom. The van der Waals surface area contributed by atoms with E-state index in [1.54, 1.807) is 0 Å². The number of esters is 3. The van der Waals surface area contributed by atoms with Gasteiger partial charge in [0.2, 0.25) is 0 Å². The molecule has 3 atom stereocenters. The van der Waals surface area contributed by atoms with Crippen molar-refractivity contribution < 1.29 is 52.2 Å². The van der Waals surface area contributed by atoms with Crippen molar-refractivity contribution in [3.05, 3.63) is 72.9 Å². The maximum absolute atomic E-state index is 12.9. The summed E-state index contributed by atoms with van der Waals surface area (Å²) in [5, 5.41) is 9.80. The van der Waals surface area contributed by atoms with E-state index in [1.165, 1.54) is 70.6 Å². The van der Waals surface area contributed by atoms with Gasteiger partial charge < -0.3 is 24.2 Å². The second-order valence-electron chi connectivity index (χ2n) is 19.1. The summed E-state index contributed by atoms with van der Waals surface area (Å²) in [6.45, 7) is 4.43. The molecule has 0 heterocycles. The van der Waals surface area contributed by atoms with Crippen LogP contribution in [0.25, 0.3) is 0 Å². The average Bonchev–Trinajstić information content (AvgIpc) is 3.37. The number of rotatable bonds is 53. The number of hydrogen-bond acceptors (Lipinski definition) is 10. The summed E-state index contributed by atoms with van der Waals surface area (Å²) in [5.41, 5.74) is 0. The summed E-state index contributed by atoms with van der Waals surface area (Å²) in [6, 6.07) is 0. The predicted octanol–water partition coefficient (Wildman–Crippen LogP) is 16.9. The number of allylic oxidation sites excluding steroid dienone is 12. The van der Waals surface area contributed by atoms with Crippen molar-refractivity contribution in [3.8, 4) is 0 Å². The zero-order chi connectivity index (χ0) is 52.7. The third-order valence-corrected chi connectivity index (χ3v) is 13.0. The molecule has 0 spiro atoms. The minimum Gasteiger partial charge on any atom is -0.462 e. The van der Waals surface area contributed by atoms with Crippen LogP contribution in [0, 0.1) is 0 Å². The smallest absolute Gasteiger partial charge is 0.462 e. The molecule has 2 N–H and O–H groups in total. The third kappa shape index (κ3) is 51.8. The van der Waals surface area contributed by atoms with Gasteiger partial charge in [-0.2, -0.15) is 0 Å². The first kappa shape index (κ1) is 68.9. The lowest BCUT2D eigenvalue weighted by molar-refractivity contribution is -0.161. The molecule has 0 saturated carbocycles. The first-order chi connectivity index (χ1) is 35.2. The maximum Gasteiger partial charge on any atom is 0.472 e. The van der Waals surface area contributed by atoms with E-state index in [0.29, 0.717) is 19.3 Å². The number of unbranched alkanes of at least 4 members (excludes halogenated alkanes) is 24. The van der Waals surface area contributed by atoms with Crippen molar-refractivity contribution in [3.63, 3.8) is 0 Å². The van der Waals surface area contributed by atoms with Crippen molar-refractivity contribution >= 4 is 25.7 Å². The highest BCUT2D eigenvalue weighted by Crippen LogP contribution is 2.43. The minimum absolute atomic E-state index is 0.145. The SMILES string of the molecule is CC/C=C\C/C=C\C/C=C\CCCCCCCC(=O)OC(COC(=O)CCCCCCCCC/C=C\CCCCCCCC)COP(=O)(O)OCC(CO)OC(=O)CCCCCCC/C=C\C/C=C\CCC. The zero-order valence-electron chi connectivity index (χ0n) is 45.9. The largest absolute Gasteiger partial charge is 0.472 e. The van der Waals surface area contributed by atoms with E-state index in [4.69, 9.17) is 23.3 Å². The van der Waals surface area contributed by atoms with E-state index in [1.807, 2.05) is 0 Å². The van der Waals surface area contributed by atoms with Crippen molar-refractivity contribution in [2.24, 2.45) is 0 Å². The number of aliphatic hydroxyl groups is 1. The molecule has 0 aliphatic rings. The van der Waals surface area contributed by atoms with Crippen molar-refractivity contribution in [1.29, 1.82) is 0 Å². The number of carbonyl (C=O) groups is 3. The number of carbonyl (C=O) groups excluding carboxylic acids is 3. The summed E-state index contributed by atoms with van der Waals surface area (Å²) in [7, 11) is -4.76. The van der Waals surface area contributed by atoms with Crippen molar-refractivity contribution in [1.82, 2.24) is 0 Å². The third-order valence-electron chi connectivity index (χ3n) is 12.1. The number of phosphoric acid groups is 1. The quantitative estimate of drug-likeness (QED) is 0.0197. The van der Waals surface area contributed by atoms with E-state index in [-0.39, 0.29) is 25.9 Å². The lowest BCUT2D eigenvalue weighted by Crippen LogP contribution is -2.30. The Morgan fingerprint density at radius 2 is 0.750 bits per heavy atom. The molecule has 0 bridgehead atoms. The Bertz CT molecular complexity index is 1490. The van der Waals surface area contributed by atoms with Gasteiger partial charge in [0.15, 0.2) is 6.10 Å². The Kier molecular flexibility index (Phi) is 51.9. The zero-order valence-corrected chi connectivity index (χ0v) is 46.8. The summed E-state index contributed by atoms with van der Waals surface area (Å²) in [4.78, 5) is 48.5. The summed E-state index contributed by atoms with van der Waals surface area (Å²) in [6.07, 6.45) is 60.0. The molecule has 0 rings (SSSR count). The van der Waals surface area contributed by atoms with Crippen LogP contribution >= 0.6 is 7.82 Å². The summed E-state index contributed by atoms with van der Waals surface area (Å²) < 4.78 is 39.5. The lowest BCUT2D eigenvalue weighted by atomic mass is 10.1. The summed E-state index contributed by atoms with van der Waals surface area (Å²) >= 11 is 0. The molecule has 0 aliphatic heterocycles. The van der Waals surface area contributed by atoms with Gasteiger partial charge in [-0.3, -0.25) is 23.4 Å². The highest BCUT2D eigenvalue weighted by Gasteiger charge is 2.28. The molecular formula is C60H105O11P. The molecule has 0 saturated heterocycles. The van der Waals surface area contributed by atoms with Gasteiger partial charge in [0.05, 0.1) is 19.8 Å². The highest BCUT2D eigenvalue weighted by atomic mass is 31.2. The van der Waals surface area contributed by atoms with Gasteiger partial charge in [0, 0.05) is 19.3 Å².